The number of para-hydroxylation sites is 9. The van der Waals surface area contributed by atoms with E-state index in [-0.39, 0.29) is 37.0 Å². The van der Waals surface area contributed by atoms with E-state index in [2.05, 4.69) is 107 Å². The van der Waals surface area contributed by atoms with Crippen LogP contribution in [0.2, 0.25) is 0 Å². The Balaban J connectivity index is 0.000000128. The second-order valence-corrected chi connectivity index (χ2v) is 27.2. The molecule has 109 heavy (non-hydrogen) atoms. The predicted molar refractivity (Wildman–Crippen MR) is 455 cm³/mol. The van der Waals surface area contributed by atoms with Crippen LogP contribution in [0, 0.1) is 41.5 Å². The summed E-state index contributed by atoms with van der Waals surface area (Å²) in [5.74, 6) is 3.97. The molecule has 18 nitrogen and oxygen atoms in total. The van der Waals surface area contributed by atoms with Crippen molar-refractivity contribution < 1.29 is 20.6 Å². The first-order chi connectivity index (χ1) is 58.8. The molecule has 0 saturated heterocycles. The SMILES string of the molecule is Cc1ccccc1N1c2nccnc2N(c2ccccc2)C1C.[2H]C([2H])([2H])N1C=CN(c2ccccc2C)C1C.[2H]C([2H])([2H])N1c2ccccc2N(c2ccccc2C)C1C.[2H]C([2H])([2H])N1c2cccnc2N(c2ccccc2C)C1C.[2H]C([2H])([2H])N1c2ncccc2N(c2ccccc2C)C1C.[2H]C([2H])([2H])N1c2nccnc2N(c2ccccc2C)C1C. The summed E-state index contributed by atoms with van der Waals surface area (Å²) in [7, 11) is 0. The van der Waals surface area contributed by atoms with Crippen molar-refractivity contribution in [2.45, 2.75) is 120 Å². The number of anilines is 17. The second-order valence-electron chi connectivity index (χ2n) is 27.2. The summed E-state index contributed by atoms with van der Waals surface area (Å²) >= 11 is 0. The third-order valence-electron chi connectivity index (χ3n) is 20.4. The molecule has 0 radical (unpaired) electrons. The number of hydrogen-bond acceptors (Lipinski definition) is 18. The van der Waals surface area contributed by atoms with Gasteiger partial charge in [0.25, 0.3) is 0 Å². The molecular formula is C91H102N18. The van der Waals surface area contributed by atoms with Crippen LogP contribution >= 0.6 is 0 Å². The molecule has 6 aliphatic heterocycles. The van der Waals surface area contributed by atoms with Gasteiger partial charge in [-0.2, -0.15) is 0 Å². The zero-order chi connectivity index (χ0) is 89.2. The van der Waals surface area contributed by atoms with E-state index < -0.39 is 34.9 Å². The number of fused-ring (bicyclic) bond motifs is 5. The summed E-state index contributed by atoms with van der Waals surface area (Å²) in [4.78, 5) is 48.0. The van der Waals surface area contributed by atoms with E-state index in [1.54, 1.807) is 43.3 Å². The van der Waals surface area contributed by atoms with Crippen molar-refractivity contribution in [2.75, 3.05) is 88.8 Å². The Morgan fingerprint density at radius 3 is 1.03 bits per heavy atom. The Bertz CT molecular complexity index is 5270. The fourth-order valence-corrected chi connectivity index (χ4v) is 14.5. The number of hydrogen-bond donors (Lipinski definition) is 0. The largest absolute Gasteiger partial charge is 0.359 e. The van der Waals surface area contributed by atoms with E-state index in [0.717, 1.165) is 90.6 Å². The minimum atomic E-state index is -2.26. The Kier molecular flexibility index (Phi) is 17.3. The fourth-order valence-electron chi connectivity index (χ4n) is 14.5. The van der Waals surface area contributed by atoms with Gasteiger partial charge in [0.1, 0.15) is 37.0 Å². The van der Waals surface area contributed by atoms with Crippen LogP contribution in [-0.4, -0.2) is 107 Å². The van der Waals surface area contributed by atoms with Crippen molar-refractivity contribution in [3.63, 3.8) is 0 Å². The normalized spacial score (nSPS) is 20.7. The molecule has 0 amide bonds. The first-order valence-electron chi connectivity index (χ1n) is 44.0. The van der Waals surface area contributed by atoms with Crippen molar-refractivity contribution in [3.8, 4) is 0 Å². The van der Waals surface area contributed by atoms with Crippen molar-refractivity contribution >= 4 is 97.5 Å². The van der Waals surface area contributed by atoms with Crippen LogP contribution in [0.5, 0.6) is 0 Å². The molecule has 0 fully saturated rings. The van der Waals surface area contributed by atoms with Gasteiger partial charge in [-0.25, -0.2) is 29.9 Å². The number of aromatic nitrogens is 6. The minimum absolute atomic E-state index is 0.107. The van der Waals surface area contributed by atoms with Gasteiger partial charge in [0.05, 0.1) is 22.7 Å². The van der Waals surface area contributed by atoms with Crippen LogP contribution in [0.1, 0.15) is 95.5 Å². The second kappa shape index (κ2) is 32.7. The first-order valence-corrected chi connectivity index (χ1v) is 36.5. The van der Waals surface area contributed by atoms with Gasteiger partial charge in [0.2, 0.25) is 0 Å². The van der Waals surface area contributed by atoms with E-state index in [1.165, 1.54) is 41.9 Å². The van der Waals surface area contributed by atoms with Gasteiger partial charge < -0.3 is 58.8 Å². The summed E-state index contributed by atoms with van der Waals surface area (Å²) in [5, 5.41) is 0. The highest BCUT2D eigenvalue weighted by Gasteiger charge is 2.40. The lowest BCUT2D eigenvalue weighted by atomic mass is 10.1. The van der Waals surface area contributed by atoms with E-state index in [4.69, 9.17) is 20.6 Å². The van der Waals surface area contributed by atoms with Gasteiger partial charge >= 0.3 is 0 Å². The number of benzene rings is 8. The molecule has 8 aromatic carbocycles. The monoisotopic (exact) mass is 1460 g/mol. The molecule has 0 bridgehead atoms. The Morgan fingerprint density at radius 1 is 0.229 bits per heavy atom. The molecule has 0 aliphatic carbocycles. The highest BCUT2D eigenvalue weighted by atomic mass is 15.5. The topological polar surface area (TPSA) is 116 Å². The zero-order valence-corrected chi connectivity index (χ0v) is 63.5. The van der Waals surface area contributed by atoms with Crippen molar-refractivity contribution in [1.29, 1.82) is 0 Å². The molecule has 0 spiro atoms. The van der Waals surface area contributed by atoms with Gasteiger partial charge in [0, 0.05) is 145 Å². The van der Waals surface area contributed by atoms with Gasteiger partial charge in [0.15, 0.2) is 34.9 Å². The fraction of sp³-hybridized carbons (Fsp3) is 0.253. The number of rotatable bonds is 7. The molecule has 0 saturated carbocycles. The van der Waals surface area contributed by atoms with Gasteiger partial charge in [-0.3, -0.25) is 0 Å². The van der Waals surface area contributed by atoms with Gasteiger partial charge in [-0.15, -0.1) is 0 Å². The highest BCUT2D eigenvalue weighted by Crippen LogP contribution is 2.49. The molecule has 18 rings (SSSR count). The van der Waals surface area contributed by atoms with Crippen LogP contribution in [0.4, 0.5) is 97.5 Å². The molecule has 6 unspecified atom stereocenters. The molecular weight excluding hydrogens is 1350 g/mol. The molecule has 4 aromatic heterocycles. The van der Waals surface area contributed by atoms with Crippen molar-refractivity contribution in [2.24, 2.45) is 0 Å². The Hall–Kier alpha value is -12.4. The Labute approximate surface area is 666 Å². The third kappa shape index (κ3) is 14.8. The summed E-state index contributed by atoms with van der Waals surface area (Å²) < 4.78 is 116. The molecule has 0 N–H and O–H groups in total. The number of nitrogens with zero attached hydrogens (tertiary/aromatic N) is 18. The predicted octanol–water partition coefficient (Wildman–Crippen LogP) is 20.3. The van der Waals surface area contributed by atoms with E-state index in [1.807, 2.05) is 265 Å². The van der Waals surface area contributed by atoms with Crippen LogP contribution in [0.3, 0.4) is 0 Å². The third-order valence-corrected chi connectivity index (χ3v) is 20.4. The highest BCUT2D eigenvalue weighted by molar-refractivity contribution is 5.87. The lowest BCUT2D eigenvalue weighted by Crippen LogP contribution is -2.36. The maximum absolute atomic E-state index is 7.83. The standard InChI is InChI=1S/C19H18N4.C16H18N2.2C15H17N3.C14H16N4.C12H16N2/c1-14-8-6-7-11-17(14)23-15(2)22(16-9-4-3-5-10-16)18-19(23)21-13-12-20-18;1-12-8-4-5-9-14(12)18-13(2)17(3)15-10-6-7-11-16(15)18;1-11-7-4-5-8-13(11)18-12(2)17(3)15-14(18)9-6-10-16-15;1-11-7-4-5-8-13(11)18-12(2)17(3)14-9-6-10-16-15(14)18;1-10-6-4-5-7-12(10)18-11(2)17(3)13-14(18)16-9-8-15-13;1-10-6-4-5-7-12(10)14-9-8-13(3)11(14)2/h3-13,15H,1-2H3;4-11,13H,1-3H3;2*4-10,12H,1-3H3;4-9,11H,1-3H3;4-9,11H,1-3H3/i;5*3D3. The minimum Gasteiger partial charge on any atom is -0.359 e. The van der Waals surface area contributed by atoms with Crippen molar-refractivity contribution in [3.05, 3.63) is 307 Å². The summed E-state index contributed by atoms with van der Waals surface area (Å²) in [6.45, 7) is 12.9. The molecule has 556 valence electrons. The molecule has 6 aliphatic rings. The maximum Gasteiger partial charge on any atom is 0.178 e. The van der Waals surface area contributed by atoms with Crippen LogP contribution in [-0.2, 0) is 0 Å². The lowest BCUT2D eigenvalue weighted by molar-refractivity contribution is 0.383. The van der Waals surface area contributed by atoms with Crippen LogP contribution < -0.4 is 53.9 Å². The average Bonchev–Trinajstić information content (AvgIpc) is 1.60. The molecule has 10 heterocycles. The van der Waals surface area contributed by atoms with E-state index in [0.29, 0.717) is 29.0 Å². The molecule has 6 atom stereocenters. The Morgan fingerprint density at radius 2 is 0.550 bits per heavy atom. The summed E-state index contributed by atoms with van der Waals surface area (Å²) in [5.41, 5.74) is 17.2. The van der Waals surface area contributed by atoms with Gasteiger partial charge in [-0.1, -0.05) is 140 Å². The first kappa shape index (κ1) is 57.8. The molecule has 12 aromatic rings. The smallest absolute Gasteiger partial charge is 0.178 e. The van der Waals surface area contributed by atoms with Gasteiger partial charge in [-0.05, 0) is 201 Å². The van der Waals surface area contributed by atoms with Crippen LogP contribution in [0.25, 0.3) is 0 Å². The number of aryl methyl sites for hydroxylation is 6. The summed E-state index contributed by atoms with van der Waals surface area (Å²) in [6, 6.07) is 73.5. The lowest BCUT2D eigenvalue weighted by Gasteiger charge is -2.30. The van der Waals surface area contributed by atoms with E-state index >= 15 is 0 Å². The van der Waals surface area contributed by atoms with Crippen molar-refractivity contribution in [1.82, 2.24) is 34.8 Å². The number of pyridine rings is 2. The zero-order valence-electron chi connectivity index (χ0n) is 78.5. The molecule has 18 heteroatoms. The summed E-state index contributed by atoms with van der Waals surface area (Å²) in [6.07, 6.45) is 12.0. The van der Waals surface area contributed by atoms with Crippen LogP contribution in [0.15, 0.2) is 274 Å². The van der Waals surface area contributed by atoms with E-state index in [9.17, 15) is 0 Å². The quantitative estimate of drug-likeness (QED) is 0.151. The average molecular weight is 1460 g/mol. The maximum atomic E-state index is 7.83.